The van der Waals surface area contributed by atoms with Crippen molar-refractivity contribution in [2.75, 3.05) is 18.0 Å². The summed E-state index contributed by atoms with van der Waals surface area (Å²) >= 11 is 0. The van der Waals surface area contributed by atoms with Crippen molar-refractivity contribution in [3.05, 3.63) is 23.8 Å². The number of carboxylic acids is 1. The molecule has 18 heavy (non-hydrogen) atoms. The maximum absolute atomic E-state index is 10.7. The summed E-state index contributed by atoms with van der Waals surface area (Å²) in [6.45, 7) is 3.66. The van der Waals surface area contributed by atoms with Crippen LogP contribution in [0.15, 0.2) is 18.2 Å². The van der Waals surface area contributed by atoms with Crippen molar-refractivity contribution < 1.29 is 14.6 Å². The zero-order valence-electron chi connectivity index (χ0n) is 10.4. The van der Waals surface area contributed by atoms with E-state index in [4.69, 9.17) is 15.6 Å². The lowest BCUT2D eigenvalue weighted by Crippen LogP contribution is -2.39. The molecule has 98 valence electrons. The quantitative estimate of drug-likeness (QED) is 0.840. The first kappa shape index (κ1) is 12.7. The first-order valence-electron chi connectivity index (χ1n) is 6.06. The van der Waals surface area contributed by atoms with Crippen molar-refractivity contribution in [1.82, 2.24) is 0 Å². The van der Waals surface area contributed by atoms with E-state index in [1.54, 1.807) is 0 Å². The number of hydrogen-bond donors (Lipinski definition) is 2. The SMILES string of the molecule is CC1CN(CCC(=O)O)c2ccc(CN)cc2O1. The molecule has 0 saturated heterocycles. The van der Waals surface area contributed by atoms with Crippen LogP contribution in [0.3, 0.4) is 0 Å². The molecule has 0 aromatic heterocycles. The Bertz CT molecular complexity index is 448. The Kier molecular flexibility index (Phi) is 3.72. The van der Waals surface area contributed by atoms with E-state index in [2.05, 4.69) is 4.90 Å². The Morgan fingerprint density at radius 3 is 3.06 bits per heavy atom. The van der Waals surface area contributed by atoms with Crippen LogP contribution >= 0.6 is 0 Å². The number of carboxylic acid groups (broad SMARTS) is 1. The molecule has 5 heteroatoms. The van der Waals surface area contributed by atoms with E-state index in [-0.39, 0.29) is 12.5 Å². The van der Waals surface area contributed by atoms with Crippen molar-refractivity contribution in [2.45, 2.75) is 26.0 Å². The Hall–Kier alpha value is -1.75. The van der Waals surface area contributed by atoms with Crippen LogP contribution in [0.5, 0.6) is 5.75 Å². The van der Waals surface area contributed by atoms with Gasteiger partial charge in [0.15, 0.2) is 0 Å². The average Bonchev–Trinajstić information content (AvgIpc) is 2.34. The number of nitrogens with zero attached hydrogens (tertiary/aromatic N) is 1. The lowest BCUT2D eigenvalue weighted by molar-refractivity contribution is -0.136. The molecule has 1 aliphatic rings. The summed E-state index contributed by atoms with van der Waals surface area (Å²) in [5.41, 5.74) is 7.57. The van der Waals surface area contributed by atoms with Gasteiger partial charge in [0.05, 0.1) is 18.7 Å². The predicted molar refractivity (Wildman–Crippen MR) is 68.9 cm³/mol. The molecule has 0 fully saturated rings. The van der Waals surface area contributed by atoms with Crippen molar-refractivity contribution in [3.63, 3.8) is 0 Å². The Morgan fingerprint density at radius 2 is 2.39 bits per heavy atom. The normalized spacial score (nSPS) is 18.1. The third-order valence-electron chi connectivity index (χ3n) is 3.00. The minimum Gasteiger partial charge on any atom is -0.487 e. The summed E-state index contributed by atoms with van der Waals surface area (Å²) in [4.78, 5) is 12.7. The lowest BCUT2D eigenvalue weighted by atomic mass is 10.1. The van der Waals surface area contributed by atoms with Gasteiger partial charge in [-0.1, -0.05) is 6.07 Å². The summed E-state index contributed by atoms with van der Waals surface area (Å²) in [7, 11) is 0. The standard InChI is InChI=1S/C13H18N2O3/c1-9-8-15(5-4-13(16)17)11-3-2-10(7-14)6-12(11)18-9/h2-3,6,9H,4-5,7-8,14H2,1H3,(H,16,17). The van der Waals surface area contributed by atoms with Gasteiger partial charge in [0.1, 0.15) is 11.9 Å². The maximum Gasteiger partial charge on any atom is 0.305 e. The minimum absolute atomic E-state index is 0.0549. The highest BCUT2D eigenvalue weighted by Gasteiger charge is 2.23. The Balaban J connectivity index is 2.22. The van der Waals surface area contributed by atoms with E-state index in [0.717, 1.165) is 17.0 Å². The van der Waals surface area contributed by atoms with Crippen molar-refractivity contribution in [2.24, 2.45) is 5.73 Å². The number of nitrogens with two attached hydrogens (primary N) is 1. The molecule has 0 saturated carbocycles. The second-order valence-corrected chi connectivity index (χ2v) is 4.52. The smallest absolute Gasteiger partial charge is 0.305 e. The summed E-state index contributed by atoms with van der Waals surface area (Å²) < 4.78 is 5.77. The molecule has 0 spiro atoms. The number of carbonyl (C=O) groups is 1. The number of aliphatic carboxylic acids is 1. The van der Waals surface area contributed by atoms with E-state index in [0.29, 0.717) is 19.6 Å². The van der Waals surface area contributed by atoms with Gasteiger partial charge >= 0.3 is 5.97 Å². The maximum atomic E-state index is 10.7. The van der Waals surface area contributed by atoms with Gasteiger partial charge in [-0.3, -0.25) is 4.79 Å². The topological polar surface area (TPSA) is 75.8 Å². The molecule has 1 heterocycles. The van der Waals surface area contributed by atoms with Gasteiger partial charge in [-0.05, 0) is 24.6 Å². The second-order valence-electron chi connectivity index (χ2n) is 4.52. The fourth-order valence-corrected chi connectivity index (χ4v) is 2.15. The number of ether oxygens (including phenoxy) is 1. The highest BCUT2D eigenvalue weighted by Crippen LogP contribution is 2.34. The van der Waals surface area contributed by atoms with Crippen LogP contribution in [0.4, 0.5) is 5.69 Å². The molecule has 0 bridgehead atoms. The summed E-state index contributed by atoms with van der Waals surface area (Å²) in [6, 6.07) is 5.83. The molecule has 1 aromatic rings. The highest BCUT2D eigenvalue weighted by molar-refractivity contribution is 5.68. The zero-order valence-corrected chi connectivity index (χ0v) is 10.4. The van der Waals surface area contributed by atoms with Gasteiger partial charge in [0.25, 0.3) is 0 Å². The van der Waals surface area contributed by atoms with Gasteiger partial charge < -0.3 is 20.5 Å². The van der Waals surface area contributed by atoms with Crippen molar-refractivity contribution >= 4 is 11.7 Å². The number of rotatable bonds is 4. The third-order valence-corrected chi connectivity index (χ3v) is 3.00. The third kappa shape index (κ3) is 2.73. The van der Waals surface area contributed by atoms with Gasteiger partial charge in [-0.25, -0.2) is 0 Å². The fourth-order valence-electron chi connectivity index (χ4n) is 2.15. The Morgan fingerprint density at radius 1 is 1.61 bits per heavy atom. The molecule has 1 atom stereocenters. The summed E-state index contributed by atoms with van der Waals surface area (Å²) in [5, 5.41) is 8.77. The van der Waals surface area contributed by atoms with Gasteiger partial charge in [-0.15, -0.1) is 0 Å². The van der Waals surface area contributed by atoms with Gasteiger partial charge in [-0.2, -0.15) is 0 Å². The first-order chi connectivity index (χ1) is 8.60. The van der Waals surface area contributed by atoms with Crippen LogP contribution in [-0.2, 0) is 11.3 Å². The molecular formula is C13H18N2O3. The Labute approximate surface area is 106 Å². The second kappa shape index (κ2) is 5.27. The number of anilines is 1. The molecular weight excluding hydrogens is 232 g/mol. The predicted octanol–water partition coefficient (Wildman–Crippen LogP) is 1.21. The van der Waals surface area contributed by atoms with E-state index in [9.17, 15) is 4.79 Å². The number of benzene rings is 1. The molecule has 0 radical (unpaired) electrons. The van der Waals surface area contributed by atoms with Crippen LogP contribution in [0.25, 0.3) is 0 Å². The van der Waals surface area contributed by atoms with E-state index >= 15 is 0 Å². The summed E-state index contributed by atoms with van der Waals surface area (Å²) in [6.07, 6.45) is 0.185. The first-order valence-corrected chi connectivity index (χ1v) is 6.06. The molecule has 3 N–H and O–H groups in total. The molecule has 0 amide bonds. The molecule has 1 aliphatic heterocycles. The fraction of sp³-hybridized carbons (Fsp3) is 0.462. The monoisotopic (exact) mass is 250 g/mol. The molecule has 1 unspecified atom stereocenters. The largest absolute Gasteiger partial charge is 0.487 e. The van der Waals surface area contributed by atoms with Gasteiger partial charge in [0.2, 0.25) is 0 Å². The van der Waals surface area contributed by atoms with Crippen molar-refractivity contribution in [1.29, 1.82) is 0 Å². The molecule has 0 aliphatic carbocycles. The van der Waals surface area contributed by atoms with E-state index in [1.807, 2.05) is 25.1 Å². The average molecular weight is 250 g/mol. The van der Waals surface area contributed by atoms with Crippen LogP contribution in [0.2, 0.25) is 0 Å². The minimum atomic E-state index is -0.783. The lowest BCUT2D eigenvalue weighted by Gasteiger charge is -2.35. The van der Waals surface area contributed by atoms with E-state index < -0.39 is 5.97 Å². The van der Waals surface area contributed by atoms with Crippen LogP contribution in [0, 0.1) is 0 Å². The van der Waals surface area contributed by atoms with E-state index in [1.165, 1.54) is 0 Å². The number of hydrogen-bond acceptors (Lipinski definition) is 4. The zero-order chi connectivity index (χ0) is 13.1. The molecule has 1 aromatic carbocycles. The van der Waals surface area contributed by atoms with Crippen LogP contribution < -0.4 is 15.4 Å². The van der Waals surface area contributed by atoms with Gasteiger partial charge in [0, 0.05) is 13.1 Å². The highest BCUT2D eigenvalue weighted by atomic mass is 16.5. The number of fused-ring (bicyclic) bond motifs is 1. The van der Waals surface area contributed by atoms with Crippen LogP contribution in [0.1, 0.15) is 18.9 Å². The molecule has 5 nitrogen and oxygen atoms in total. The van der Waals surface area contributed by atoms with Crippen LogP contribution in [-0.4, -0.2) is 30.3 Å². The summed E-state index contributed by atoms with van der Waals surface area (Å²) in [5.74, 6) is 0.0105. The van der Waals surface area contributed by atoms with Crippen molar-refractivity contribution in [3.8, 4) is 5.75 Å². The molecule has 2 rings (SSSR count).